The number of nitrogens with zero attached hydrogens (tertiary/aromatic N) is 1. The molecule has 0 aliphatic carbocycles. The molecule has 0 bridgehead atoms. The van der Waals surface area contributed by atoms with Gasteiger partial charge in [0.2, 0.25) is 5.91 Å². The second-order valence-electron chi connectivity index (χ2n) is 6.33. The molecule has 0 saturated heterocycles. The van der Waals surface area contributed by atoms with Crippen molar-refractivity contribution >= 4 is 23.4 Å². The molecule has 5 heteroatoms. The third kappa shape index (κ3) is 3.98. The average Bonchev–Trinajstić information content (AvgIpc) is 2.68. The monoisotopic (exact) mass is 371 g/mol. The summed E-state index contributed by atoms with van der Waals surface area (Å²) in [6.07, 6.45) is 2.51. The molecule has 0 aromatic heterocycles. The van der Waals surface area contributed by atoms with Crippen LogP contribution in [0, 0.1) is 6.92 Å². The molecule has 1 amide bonds. The van der Waals surface area contributed by atoms with Crippen LogP contribution in [0.15, 0.2) is 41.3 Å². The minimum Gasteiger partial charge on any atom is -0.497 e. The zero-order chi connectivity index (χ0) is 18.5. The Kier molecular flexibility index (Phi) is 6.09. The molecule has 2 aromatic carbocycles. The van der Waals surface area contributed by atoms with Gasteiger partial charge >= 0.3 is 0 Å². The van der Waals surface area contributed by atoms with E-state index < -0.39 is 0 Å². The summed E-state index contributed by atoms with van der Waals surface area (Å²) in [5.41, 5.74) is 3.44. The van der Waals surface area contributed by atoms with Gasteiger partial charge < -0.3 is 14.4 Å². The average molecular weight is 372 g/mol. The number of amides is 1. The highest BCUT2D eigenvalue weighted by Gasteiger charge is 2.26. The third-order valence-corrected chi connectivity index (χ3v) is 5.74. The number of benzene rings is 2. The zero-order valence-corrected chi connectivity index (χ0v) is 16.4. The maximum Gasteiger partial charge on any atom is 0.227 e. The van der Waals surface area contributed by atoms with E-state index in [0.29, 0.717) is 6.42 Å². The van der Waals surface area contributed by atoms with Crippen molar-refractivity contribution in [2.45, 2.75) is 31.1 Å². The van der Waals surface area contributed by atoms with Crippen LogP contribution in [0.2, 0.25) is 0 Å². The highest BCUT2D eigenvalue weighted by molar-refractivity contribution is 7.99. The number of fused-ring (bicyclic) bond motifs is 1. The highest BCUT2D eigenvalue weighted by Crippen LogP contribution is 2.38. The molecule has 138 valence electrons. The summed E-state index contributed by atoms with van der Waals surface area (Å²) in [5, 5.41) is 0. The maximum atomic E-state index is 12.9. The predicted molar refractivity (Wildman–Crippen MR) is 107 cm³/mol. The van der Waals surface area contributed by atoms with Crippen molar-refractivity contribution in [3.63, 3.8) is 0 Å². The second-order valence-corrected chi connectivity index (χ2v) is 7.50. The smallest absolute Gasteiger partial charge is 0.227 e. The summed E-state index contributed by atoms with van der Waals surface area (Å²) in [5.74, 6) is 2.56. The zero-order valence-electron chi connectivity index (χ0n) is 15.6. The summed E-state index contributed by atoms with van der Waals surface area (Å²) in [6, 6.07) is 12.0. The van der Waals surface area contributed by atoms with Crippen LogP contribution in [0.1, 0.15) is 24.0 Å². The SMILES string of the molecule is COc1ccc(SCCC(=O)N2CCCc3c(C)ccc(OC)c32)cc1. The first kappa shape index (κ1) is 18.6. The molecular weight excluding hydrogens is 346 g/mol. The van der Waals surface area contributed by atoms with E-state index in [4.69, 9.17) is 9.47 Å². The fourth-order valence-electron chi connectivity index (χ4n) is 3.33. The van der Waals surface area contributed by atoms with Crippen LogP contribution < -0.4 is 14.4 Å². The summed E-state index contributed by atoms with van der Waals surface area (Å²) >= 11 is 1.69. The number of ether oxygens (including phenoxy) is 2. The van der Waals surface area contributed by atoms with E-state index in [1.807, 2.05) is 35.2 Å². The van der Waals surface area contributed by atoms with E-state index in [1.54, 1.807) is 26.0 Å². The number of thioether (sulfide) groups is 1. The molecule has 0 atom stereocenters. The largest absolute Gasteiger partial charge is 0.497 e. The number of methoxy groups -OCH3 is 2. The lowest BCUT2D eigenvalue weighted by Gasteiger charge is -2.32. The topological polar surface area (TPSA) is 38.8 Å². The highest BCUT2D eigenvalue weighted by atomic mass is 32.2. The van der Waals surface area contributed by atoms with Crippen molar-refractivity contribution in [1.29, 1.82) is 0 Å². The van der Waals surface area contributed by atoms with E-state index in [0.717, 1.165) is 47.2 Å². The molecular formula is C21H25NO3S. The summed E-state index contributed by atoms with van der Waals surface area (Å²) in [4.78, 5) is 15.9. The van der Waals surface area contributed by atoms with Gasteiger partial charge in [-0.3, -0.25) is 4.79 Å². The van der Waals surface area contributed by atoms with Gasteiger partial charge in [0.05, 0.1) is 19.9 Å². The predicted octanol–water partition coefficient (Wildman–Crippen LogP) is 4.47. The molecule has 0 spiro atoms. The Balaban J connectivity index is 1.66. The van der Waals surface area contributed by atoms with Gasteiger partial charge in [-0.1, -0.05) is 6.07 Å². The Labute approximate surface area is 159 Å². The van der Waals surface area contributed by atoms with E-state index in [-0.39, 0.29) is 5.91 Å². The number of carbonyl (C=O) groups excluding carboxylic acids is 1. The fraction of sp³-hybridized carbons (Fsp3) is 0.381. The number of anilines is 1. The molecule has 0 radical (unpaired) electrons. The lowest BCUT2D eigenvalue weighted by Crippen LogP contribution is -2.36. The van der Waals surface area contributed by atoms with Crippen LogP contribution >= 0.6 is 11.8 Å². The minimum absolute atomic E-state index is 0.163. The summed E-state index contributed by atoms with van der Waals surface area (Å²) < 4.78 is 10.7. The Hall–Kier alpha value is -2.14. The summed E-state index contributed by atoms with van der Waals surface area (Å²) in [6.45, 7) is 2.87. The van der Waals surface area contributed by atoms with Gasteiger partial charge in [-0.2, -0.15) is 0 Å². The first-order valence-corrected chi connectivity index (χ1v) is 9.86. The Bertz CT molecular complexity index is 774. The van der Waals surface area contributed by atoms with Crippen molar-refractivity contribution in [3.8, 4) is 11.5 Å². The van der Waals surface area contributed by atoms with Crippen molar-refractivity contribution in [2.75, 3.05) is 31.4 Å². The molecule has 0 saturated carbocycles. The standard InChI is InChI=1S/C21H25NO3S/c1-15-6-11-19(25-3)21-18(15)5-4-13-22(21)20(23)12-14-26-17-9-7-16(24-2)8-10-17/h6-11H,4-5,12-14H2,1-3H3. The molecule has 4 nitrogen and oxygen atoms in total. The molecule has 26 heavy (non-hydrogen) atoms. The van der Waals surface area contributed by atoms with Crippen LogP contribution in [0.4, 0.5) is 5.69 Å². The Morgan fingerprint density at radius 3 is 2.58 bits per heavy atom. The van der Waals surface area contributed by atoms with Gasteiger partial charge in [0.15, 0.2) is 0 Å². The van der Waals surface area contributed by atoms with Gasteiger partial charge in [-0.05, 0) is 61.2 Å². The number of rotatable bonds is 6. The van der Waals surface area contributed by atoms with E-state index in [1.165, 1.54) is 11.1 Å². The fourth-order valence-corrected chi connectivity index (χ4v) is 4.17. The van der Waals surface area contributed by atoms with Crippen molar-refractivity contribution in [1.82, 2.24) is 0 Å². The molecule has 0 unspecified atom stereocenters. The van der Waals surface area contributed by atoms with Gasteiger partial charge in [-0.15, -0.1) is 11.8 Å². The van der Waals surface area contributed by atoms with Gasteiger partial charge in [-0.25, -0.2) is 0 Å². The Morgan fingerprint density at radius 2 is 1.88 bits per heavy atom. The van der Waals surface area contributed by atoms with E-state index >= 15 is 0 Å². The van der Waals surface area contributed by atoms with E-state index in [2.05, 4.69) is 13.0 Å². The number of hydrogen-bond acceptors (Lipinski definition) is 4. The van der Waals surface area contributed by atoms with Crippen molar-refractivity contribution in [2.24, 2.45) is 0 Å². The maximum absolute atomic E-state index is 12.9. The normalized spacial score (nSPS) is 13.3. The van der Waals surface area contributed by atoms with Gasteiger partial charge in [0, 0.05) is 23.6 Å². The molecule has 1 heterocycles. The number of hydrogen-bond donors (Lipinski definition) is 0. The lowest BCUT2D eigenvalue weighted by molar-refractivity contribution is -0.118. The quantitative estimate of drug-likeness (QED) is 0.702. The molecule has 3 rings (SSSR count). The first-order chi connectivity index (χ1) is 12.6. The second kappa shape index (κ2) is 8.49. The molecule has 2 aromatic rings. The third-order valence-electron chi connectivity index (χ3n) is 4.72. The summed E-state index contributed by atoms with van der Waals surface area (Å²) in [7, 11) is 3.33. The molecule has 1 aliphatic heterocycles. The van der Waals surface area contributed by atoms with Crippen molar-refractivity contribution < 1.29 is 14.3 Å². The van der Waals surface area contributed by atoms with E-state index in [9.17, 15) is 4.79 Å². The minimum atomic E-state index is 0.163. The number of aryl methyl sites for hydroxylation is 1. The van der Waals surface area contributed by atoms with Crippen LogP contribution in [0.5, 0.6) is 11.5 Å². The van der Waals surface area contributed by atoms with Crippen LogP contribution in [0.25, 0.3) is 0 Å². The van der Waals surface area contributed by atoms with Crippen LogP contribution in [-0.2, 0) is 11.2 Å². The Morgan fingerprint density at radius 1 is 1.12 bits per heavy atom. The van der Waals surface area contributed by atoms with Crippen molar-refractivity contribution in [3.05, 3.63) is 47.5 Å². The molecule has 1 aliphatic rings. The molecule has 0 N–H and O–H groups in total. The van der Waals surface area contributed by atoms with Gasteiger partial charge in [0.1, 0.15) is 11.5 Å². The number of carbonyl (C=O) groups is 1. The van der Waals surface area contributed by atoms with Crippen LogP contribution in [0.3, 0.4) is 0 Å². The lowest BCUT2D eigenvalue weighted by atomic mass is 9.96. The van der Waals surface area contributed by atoms with Gasteiger partial charge in [0.25, 0.3) is 0 Å². The first-order valence-electron chi connectivity index (χ1n) is 8.87. The molecule has 0 fully saturated rings. The van der Waals surface area contributed by atoms with Crippen LogP contribution in [-0.4, -0.2) is 32.4 Å².